The van der Waals surface area contributed by atoms with Crippen molar-refractivity contribution in [3.63, 3.8) is 0 Å². The highest BCUT2D eigenvalue weighted by Crippen LogP contribution is 2.47. The molecule has 3 aliphatic rings. The predicted molar refractivity (Wildman–Crippen MR) is 97.6 cm³/mol. The number of amides is 1. The van der Waals surface area contributed by atoms with Crippen molar-refractivity contribution < 1.29 is 9.53 Å². The number of rotatable bonds is 1. The van der Waals surface area contributed by atoms with E-state index >= 15 is 0 Å². The molecule has 1 saturated heterocycles. The van der Waals surface area contributed by atoms with Gasteiger partial charge in [-0.3, -0.25) is 0 Å². The van der Waals surface area contributed by atoms with Crippen molar-refractivity contribution in [1.82, 2.24) is 9.88 Å². The van der Waals surface area contributed by atoms with Gasteiger partial charge in [0, 0.05) is 30.9 Å². The van der Waals surface area contributed by atoms with Gasteiger partial charge < -0.3 is 14.5 Å². The Kier molecular flexibility index (Phi) is 4.78. The summed E-state index contributed by atoms with van der Waals surface area (Å²) in [5.74, 6) is 1.83. The van der Waals surface area contributed by atoms with Crippen LogP contribution in [0.1, 0.15) is 51.6 Å². The molecule has 1 saturated carbocycles. The van der Waals surface area contributed by atoms with Crippen LogP contribution < -0.4 is 4.90 Å². The van der Waals surface area contributed by atoms with Crippen LogP contribution in [0.3, 0.4) is 0 Å². The minimum atomic E-state index is -0.443. The maximum absolute atomic E-state index is 12.2. The Labute approximate surface area is 149 Å². The van der Waals surface area contributed by atoms with E-state index in [-0.39, 0.29) is 6.09 Å². The molecule has 1 aromatic heterocycles. The molecule has 5 nitrogen and oxygen atoms in total. The molecule has 0 radical (unpaired) electrons. The molecule has 134 valence electrons. The lowest BCUT2D eigenvalue weighted by Gasteiger charge is -2.29. The zero-order valence-corrected chi connectivity index (χ0v) is 16.3. The van der Waals surface area contributed by atoms with E-state index in [4.69, 9.17) is 9.72 Å². The first-order valence-electron chi connectivity index (χ1n) is 9.10. The molecule has 0 aromatic carbocycles. The molecular weight excluding hydrogens is 322 g/mol. The summed E-state index contributed by atoms with van der Waals surface area (Å²) in [5.41, 5.74) is 0.624. The Bertz CT molecular complexity index is 598. The molecule has 6 heteroatoms. The monoisotopic (exact) mass is 351 g/mol. The van der Waals surface area contributed by atoms with Gasteiger partial charge in [-0.25, -0.2) is 9.78 Å². The lowest BCUT2D eigenvalue weighted by Crippen LogP contribution is -2.39. The van der Waals surface area contributed by atoms with Crippen LogP contribution in [0.2, 0.25) is 0 Å². The largest absolute Gasteiger partial charge is 0.444 e. The molecule has 2 atom stereocenters. The molecule has 1 aliphatic carbocycles. The van der Waals surface area contributed by atoms with Crippen molar-refractivity contribution in [3.05, 3.63) is 10.6 Å². The number of carbonyl (C=O) groups is 1. The maximum Gasteiger partial charge on any atom is 0.410 e. The Hall–Kier alpha value is -1.30. The van der Waals surface area contributed by atoms with E-state index < -0.39 is 5.60 Å². The van der Waals surface area contributed by atoms with Gasteiger partial charge in [-0.1, -0.05) is 13.8 Å². The molecule has 1 aromatic rings. The van der Waals surface area contributed by atoms with Gasteiger partial charge >= 0.3 is 6.09 Å². The van der Waals surface area contributed by atoms with E-state index in [2.05, 4.69) is 4.90 Å². The number of thiazole rings is 1. The van der Waals surface area contributed by atoms with E-state index in [0.717, 1.165) is 35.6 Å². The third-order valence-electron chi connectivity index (χ3n) is 4.62. The van der Waals surface area contributed by atoms with Crippen LogP contribution in [0, 0.1) is 11.8 Å². The molecule has 2 fully saturated rings. The first-order valence-corrected chi connectivity index (χ1v) is 9.92. The van der Waals surface area contributed by atoms with Gasteiger partial charge in [-0.2, -0.15) is 0 Å². The Morgan fingerprint density at radius 2 is 1.92 bits per heavy atom. The third-order valence-corrected chi connectivity index (χ3v) is 5.84. The van der Waals surface area contributed by atoms with Gasteiger partial charge in [0.2, 0.25) is 0 Å². The van der Waals surface area contributed by atoms with E-state index in [9.17, 15) is 4.79 Å². The van der Waals surface area contributed by atoms with Crippen LogP contribution >= 0.6 is 11.3 Å². The molecule has 0 spiro atoms. The van der Waals surface area contributed by atoms with Crippen molar-refractivity contribution in [2.24, 2.45) is 11.8 Å². The smallest absolute Gasteiger partial charge is 0.410 e. The molecule has 4 rings (SSSR count). The van der Waals surface area contributed by atoms with Gasteiger partial charge in [0.1, 0.15) is 5.60 Å². The van der Waals surface area contributed by atoms with Crippen molar-refractivity contribution in [2.45, 2.75) is 59.6 Å². The average molecular weight is 352 g/mol. The maximum atomic E-state index is 12.2. The highest BCUT2D eigenvalue weighted by atomic mass is 32.1. The molecule has 2 aliphatic heterocycles. The van der Waals surface area contributed by atoms with E-state index in [1.807, 2.05) is 46.0 Å². The van der Waals surface area contributed by atoms with Crippen molar-refractivity contribution in [2.75, 3.05) is 24.5 Å². The van der Waals surface area contributed by atoms with Gasteiger partial charge in [-0.15, -0.1) is 11.3 Å². The number of piperidine rings is 1. The number of carbonyl (C=O) groups excluding carboxylic acids is 1. The highest BCUT2D eigenvalue weighted by Gasteiger charge is 2.46. The summed E-state index contributed by atoms with van der Waals surface area (Å²) >= 11 is 1.82. The number of ether oxygens (including phenoxy) is 1. The normalized spacial score (nSPS) is 24.7. The van der Waals surface area contributed by atoms with Crippen LogP contribution in [0.4, 0.5) is 9.93 Å². The summed E-state index contributed by atoms with van der Waals surface area (Å²) in [5, 5.41) is 1.16. The predicted octanol–water partition coefficient (Wildman–Crippen LogP) is 3.92. The first-order chi connectivity index (χ1) is 11.4. The summed E-state index contributed by atoms with van der Waals surface area (Å²) in [6, 6.07) is 0. The third kappa shape index (κ3) is 3.68. The number of hydrogen-bond acceptors (Lipinski definition) is 5. The summed E-state index contributed by atoms with van der Waals surface area (Å²) in [7, 11) is 0. The molecule has 0 N–H and O–H groups in total. The Balaban J connectivity index is 0.000000815. The second-order valence-electron chi connectivity index (χ2n) is 7.68. The van der Waals surface area contributed by atoms with Crippen LogP contribution in [-0.4, -0.2) is 41.2 Å². The second-order valence-corrected chi connectivity index (χ2v) is 8.74. The fourth-order valence-electron chi connectivity index (χ4n) is 3.36. The van der Waals surface area contributed by atoms with Crippen LogP contribution in [0.5, 0.6) is 0 Å². The van der Waals surface area contributed by atoms with Crippen LogP contribution in [0.15, 0.2) is 0 Å². The van der Waals surface area contributed by atoms with Crippen molar-refractivity contribution >= 4 is 22.6 Å². The fourth-order valence-corrected chi connectivity index (χ4v) is 4.43. The number of anilines is 1. The summed E-state index contributed by atoms with van der Waals surface area (Å²) in [6.07, 6.45) is 2.08. The van der Waals surface area contributed by atoms with Gasteiger partial charge in [-0.05, 0) is 39.0 Å². The van der Waals surface area contributed by atoms with Crippen molar-refractivity contribution in [1.29, 1.82) is 0 Å². The number of hydrogen-bond donors (Lipinski definition) is 0. The summed E-state index contributed by atoms with van der Waals surface area (Å²) in [4.78, 5) is 22.6. The fraction of sp³-hybridized carbons (Fsp3) is 0.778. The molecule has 3 heterocycles. The zero-order chi connectivity index (χ0) is 17.5. The molecule has 24 heavy (non-hydrogen) atoms. The minimum Gasteiger partial charge on any atom is -0.444 e. The minimum absolute atomic E-state index is 0.227. The zero-order valence-electron chi connectivity index (χ0n) is 15.5. The van der Waals surface area contributed by atoms with Crippen LogP contribution in [-0.2, 0) is 17.7 Å². The highest BCUT2D eigenvalue weighted by molar-refractivity contribution is 7.15. The van der Waals surface area contributed by atoms with Gasteiger partial charge in [0.25, 0.3) is 0 Å². The SMILES string of the molecule is CC.CC(C)(C)OC(=O)N1CCc2sc(N3CC4CC4C3)nc2C1. The van der Waals surface area contributed by atoms with E-state index in [1.165, 1.54) is 24.4 Å². The molecular formula is C18H29N3O2S. The lowest BCUT2D eigenvalue weighted by atomic mass is 10.2. The molecule has 1 amide bonds. The van der Waals surface area contributed by atoms with E-state index in [0.29, 0.717) is 6.54 Å². The summed E-state index contributed by atoms with van der Waals surface area (Å²) in [6.45, 7) is 13.4. The molecule has 0 bridgehead atoms. The summed E-state index contributed by atoms with van der Waals surface area (Å²) < 4.78 is 5.47. The van der Waals surface area contributed by atoms with Gasteiger partial charge in [0.15, 0.2) is 5.13 Å². The average Bonchev–Trinajstić information content (AvgIpc) is 2.97. The topological polar surface area (TPSA) is 45.7 Å². The lowest BCUT2D eigenvalue weighted by molar-refractivity contribution is 0.0222. The number of aromatic nitrogens is 1. The second kappa shape index (κ2) is 6.54. The molecule has 2 unspecified atom stereocenters. The van der Waals surface area contributed by atoms with E-state index in [1.54, 1.807) is 4.90 Å². The number of fused-ring (bicyclic) bond motifs is 2. The first kappa shape index (κ1) is 17.5. The standard InChI is InChI=1S/C16H23N3O2S.C2H6/c1-16(2,3)21-15(20)18-5-4-13-12(9-18)17-14(22-13)19-7-10-6-11(10)8-19;1-2/h10-11H,4-9H2,1-3H3;1-2H3. The van der Waals surface area contributed by atoms with Crippen molar-refractivity contribution in [3.8, 4) is 0 Å². The van der Waals surface area contributed by atoms with Gasteiger partial charge in [0.05, 0.1) is 12.2 Å². The quantitative estimate of drug-likeness (QED) is 0.769. The van der Waals surface area contributed by atoms with Crippen LogP contribution in [0.25, 0.3) is 0 Å². The Morgan fingerprint density at radius 1 is 1.25 bits per heavy atom. The Morgan fingerprint density at radius 3 is 2.54 bits per heavy atom. The number of nitrogens with zero attached hydrogens (tertiary/aromatic N) is 3.